The summed E-state index contributed by atoms with van der Waals surface area (Å²) in [6.45, 7) is 6.42. The van der Waals surface area contributed by atoms with Gasteiger partial charge in [-0.2, -0.15) is 0 Å². The molecule has 0 radical (unpaired) electrons. The maximum atomic E-state index is 12.3. The van der Waals surface area contributed by atoms with Crippen molar-refractivity contribution in [3.8, 4) is 11.8 Å². The zero-order valence-corrected chi connectivity index (χ0v) is 15.3. The maximum absolute atomic E-state index is 12.3. The summed E-state index contributed by atoms with van der Waals surface area (Å²) in [4.78, 5) is 28.1. The third-order valence-corrected chi connectivity index (χ3v) is 4.64. The van der Waals surface area contributed by atoms with Crippen LogP contribution in [0.5, 0.6) is 0 Å². The predicted octanol–water partition coefficient (Wildman–Crippen LogP) is 3.91. The molecule has 1 aromatic carbocycles. The first-order valence-electron chi connectivity index (χ1n) is 8.73. The van der Waals surface area contributed by atoms with E-state index in [1.807, 2.05) is 18.2 Å². The number of fused-ring (bicyclic) bond motifs is 1. The highest BCUT2D eigenvalue weighted by molar-refractivity contribution is 5.99. The van der Waals surface area contributed by atoms with Gasteiger partial charge in [-0.25, -0.2) is 9.78 Å². The zero-order valence-electron chi connectivity index (χ0n) is 15.3. The Hall–Kier alpha value is -2.93. The van der Waals surface area contributed by atoms with E-state index in [2.05, 4.69) is 30.7 Å². The van der Waals surface area contributed by atoms with E-state index in [-0.39, 0.29) is 11.2 Å². The summed E-state index contributed by atoms with van der Waals surface area (Å²) in [7, 11) is 0. The monoisotopic (exact) mass is 347 g/mol. The number of nitrogens with zero attached hydrogens (tertiary/aromatic N) is 1. The first-order valence-corrected chi connectivity index (χ1v) is 8.73. The summed E-state index contributed by atoms with van der Waals surface area (Å²) in [5.41, 5.74) is 3.63. The molecule has 0 saturated heterocycles. The first kappa shape index (κ1) is 17.9. The van der Waals surface area contributed by atoms with Gasteiger partial charge in [0.1, 0.15) is 5.69 Å². The van der Waals surface area contributed by atoms with E-state index in [0.717, 1.165) is 23.1 Å². The van der Waals surface area contributed by atoms with Crippen molar-refractivity contribution in [3.05, 3.63) is 64.5 Å². The van der Waals surface area contributed by atoms with Gasteiger partial charge in [-0.15, -0.1) is 0 Å². The Bertz CT molecular complexity index is 915. The van der Waals surface area contributed by atoms with Crippen LogP contribution in [0.3, 0.4) is 0 Å². The Balaban J connectivity index is 1.84. The average Bonchev–Trinajstić information content (AvgIpc) is 2.64. The van der Waals surface area contributed by atoms with Crippen LogP contribution in [0.1, 0.15) is 71.1 Å². The number of ether oxygens (including phenoxy) is 1. The molecule has 0 amide bonds. The van der Waals surface area contributed by atoms with E-state index in [0.29, 0.717) is 24.3 Å². The van der Waals surface area contributed by atoms with E-state index >= 15 is 0 Å². The Labute approximate surface area is 153 Å². The topological polar surface area (TPSA) is 56.3 Å². The van der Waals surface area contributed by atoms with E-state index in [1.54, 1.807) is 19.1 Å². The lowest BCUT2D eigenvalue weighted by atomic mass is 9.72. The molecule has 4 nitrogen and oxygen atoms in total. The van der Waals surface area contributed by atoms with E-state index in [1.165, 1.54) is 6.20 Å². The summed E-state index contributed by atoms with van der Waals surface area (Å²) in [5, 5.41) is 0. The number of hydrogen-bond donors (Lipinski definition) is 0. The van der Waals surface area contributed by atoms with E-state index in [4.69, 9.17) is 4.74 Å². The van der Waals surface area contributed by atoms with Crippen molar-refractivity contribution in [2.24, 2.45) is 0 Å². The van der Waals surface area contributed by atoms with Crippen LogP contribution < -0.4 is 0 Å². The fourth-order valence-electron chi connectivity index (χ4n) is 3.08. The molecule has 3 rings (SSSR count). The van der Waals surface area contributed by atoms with Crippen molar-refractivity contribution < 1.29 is 14.3 Å². The fourth-order valence-corrected chi connectivity index (χ4v) is 3.08. The molecule has 0 saturated carbocycles. The predicted molar refractivity (Wildman–Crippen MR) is 99.2 cm³/mol. The van der Waals surface area contributed by atoms with Crippen molar-refractivity contribution >= 4 is 11.8 Å². The molecule has 2 aromatic rings. The van der Waals surface area contributed by atoms with Gasteiger partial charge in [0.05, 0.1) is 12.2 Å². The smallest absolute Gasteiger partial charge is 0.339 e. The lowest BCUT2D eigenvalue weighted by Gasteiger charge is -2.31. The Morgan fingerprint density at radius 2 is 2.04 bits per heavy atom. The number of esters is 1. The third-order valence-electron chi connectivity index (χ3n) is 4.64. The number of aromatic nitrogens is 1. The highest BCUT2D eigenvalue weighted by atomic mass is 16.5. The van der Waals surface area contributed by atoms with Crippen LogP contribution in [0.25, 0.3) is 0 Å². The number of carbonyl (C=O) groups is 2. The molecule has 0 aliphatic heterocycles. The van der Waals surface area contributed by atoms with Crippen molar-refractivity contribution in [3.63, 3.8) is 0 Å². The molecule has 0 bridgehead atoms. The number of hydrogen-bond acceptors (Lipinski definition) is 4. The molecule has 1 aliphatic rings. The van der Waals surface area contributed by atoms with Gasteiger partial charge in [0.25, 0.3) is 0 Å². The minimum atomic E-state index is -0.393. The lowest BCUT2D eigenvalue weighted by molar-refractivity contribution is 0.0525. The summed E-state index contributed by atoms with van der Waals surface area (Å²) in [6.07, 6.45) is 2.91. The lowest BCUT2D eigenvalue weighted by Crippen LogP contribution is -2.27. The van der Waals surface area contributed by atoms with Gasteiger partial charge in [0.2, 0.25) is 0 Å². The molecular weight excluding hydrogens is 326 g/mol. The van der Waals surface area contributed by atoms with Crippen LogP contribution in [0.4, 0.5) is 0 Å². The van der Waals surface area contributed by atoms with Gasteiger partial charge < -0.3 is 4.74 Å². The maximum Gasteiger partial charge on any atom is 0.339 e. The van der Waals surface area contributed by atoms with Crippen LogP contribution in [0.15, 0.2) is 36.5 Å². The van der Waals surface area contributed by atoms with Gasteiger partial charge in [-0.05, 0) is 54.5 Å². The molecule has 1 aromatic heterocycles. The van der Waals surface area contributed by atoms with Crippen LogP contribution in [-0.4, -0.2) is 23.3 Å². The molecule has 0 atom stereocenters. The van der Waals surface area contributed by atoms with Crippen molar-refractivity contribution in [1.82, 2.24) is 4.98 Å². The van der Waals surface area contributed by atoms with Gasteiger partial charge in [-0.1, -0.05) is 25.8 Å². The molecule has 26 heavy (non-hydrogen) atoms. The minimum absolute atomic E-state index is 0.0136. The largest absolute Gasteiger partial charge is 0.462 e. The summed E-state index contributed by atoms with van der Waals surface area (Å²) >= 11 is 0. The first-order chi connectivity index (χ1) is 12.4. The average molecular weight is 347 g/mol. The van der Waals surface area contributed by atoms with Crippen molar-refractivity contribution in [2.75, 3.05) is 6.61 Å². The second-order valence-electron chi connectivity index (χ2n) is 6.97. The van der Waals surface area contributed by atoms with Gasteiger partial charge in [0.15, 0.2) is 5.78 Å². The molecule has 132 valence electrons. The second-order valence-corrected chi connectivity index (χ2v) is 6.97. The van der Waals surface area contributed by atoms with Gasteiger partial charge in [-0.3, -0.25) is 4.79 Å². The van der Waals surface area contributed by atoms with Crippen molar-refractivity contribution in [2.45, 2.75) is 39.0 Å². The third kappa shape index (κ3) is 3.67. The number of carbonyl (C=O) groups excluding carboxylic acids is 2. The minimum Gasteiger partial charge on any atom is -0.462 e. The molecule has 1 aliphatic carbocycles. The zero-order chi connectivity index (χ0) is 18.7. The number of Topliss-reactive ketones (excluding diaryl/α,β-unsaturated/α-hetero) is 1. The van der Waals surface area contributed by atoms with E-state index < -0.39 is 5.97 Å². The standard InChI is InChI=1S/C22H21NO3/c1-4-26-21(25)16-7-9-17(23-14-16)8-5-15-6-10-19-18(13-15)20(24)11-12-22(19,2)3/h6-7,9-10,13-14H,4,11-12H2,1-3H3. The number of ketones is 1. The SMILES string of the molecule is CCOC(=O)c1ccc(C#Cc2ccc3c(c2)C(=O)CCC3(C)C)nc1. The molecule has 1 heterocycles. The molecular formula is C22H21NO3. The van der Waals surface area contributed by atoms with Crippen LogP contribution in [0.2, 0.25) is 0 Å². The molecule has 4 heteroatoms. The summed E-state index contributed by atoms with van der Waals surface area (Å²) in [5.74, 6) is 5.82. The number of benzene rings is 1. The Kier molecular flexibility index (Phi) is 4.90. The van der Waals surface area contributed by atoms with Gasteiger partial charge >= 0.3 is 5.97 Å². The van der Waals surface area contributed by atoms with E-state index in [9.17, 15) is 9.59 Å². The van der Waals surface area contributed by atoms with Crippen LogP contribution in [0, 0.1) is 11.8 Å². The highest BCUT2D eigenvalue weighted by Gasteiger charge is 2.31. The van der Waals surface area contributed by atoms with Crippen molar-refractivity contribution in [1.29, 1.82) is 0 Å². The normalized spacial score (nSPS) is 14.8. The highest BCUT2D eigenvalue weighted by Crippen LogP contribution is 2.36. The van der Waals surface area contributed by atoms with Crippen LogP contribution in [-0.2, 0) is 10.2 Å². The fraction of sp³-hybridized carbons (Fsp3) is 0.318. The summed E-state index contributed by atoms with van der Waals surface area (Å²) < 4.78 is 4.93. The summed E-state index contributed by atoms with van der Waals surface area (Å²) in [6, 6.07) is 9.16. The molecule has 0 unspecified atom stereocenters. The van der Waals surface area contributed by atoms with Gasteiger partial charge in [0, 0.05) is 23.7 Å². The quantitative estimate of drug-likeness (QED) is 0.610. The number of rotatable bonds is 2. The van der Waals surface area contributed by atoms with Crippen LogP contribution >= 0.6 is 0 Å². The second kappa shape index (κ2) is 7.13. The Morgan fingerprint density at radius 3 is 2.73 bits per heavy atom. The number of pyridine rings is 1. The Morgan fingerprint density at radius 1 is 1.23 bits per heavy atom. The molecule has 0 fully saturated rings. The molecule has 0 N–H and O–H groups in total. The molecule has 0 spiro atoms.